The Bertz CT molecular complexity index is 1030. The third-order valence-electron chi connectivity index (χ3n) is 7.40. The number of aliphatic hydroxyl groups excluding tert-OH is 1. The number of hydrogen-bond donors (Lipinski definition) is 1. The summed E-state index contributed by atoms with van der Waals surface area (Å²) >= 11 is 1.80. The van der Waals surface area contributed by atoms with E-state index >= 15 is 0 Å². The molecule has 5 rings (SSSR count). The van der Waals surface area contributed by atoms with E-state index in [1.807, 2.05) is 24.1 Å². The molecule has 1 aliphatic carbocycles. The monoisotopic (exact) mass is 442 g/mol. The summed E-state index contributed by atoms with van der Waals surface area (Å²) in [6.45, 7) is 3.77. The van der Waals surface area contributed by atoms with Crippen LogP contribution in [-0.4, -0.2) is 46.3 Å². The second-order valence-electron chi connectivity index (χ2n) is 9.19. The van der Waals surface area contributed by atoms with Crippen LogP contribution in [0, 0.1) is 6.92 Å². The third-order valence-corrected chi connectivity index (χ3v) is 8.38. The summed E-state index contributed by atoms with van der Waals surface area (Å²) < 4.78 is 7.98. The minimum absolute atomic E-state index is 0.0559. The molecule has 1 saturated carbocycles. The number of aryl methyl sites for hydroxylation is 1. The first-order valence-corrected chi connectivity index (χ1v) is 12.3. The molecular formula is C24H30N2O4S. The lowest BCUT2D eigenvalue weighted by Crippen LogP contribution is -2.49. The van der Waals surface area contributed by atoms with Gasteiger partial charge in [0.15, 0.2) is 0 Å². The van der Waals surface area contributed by atoms with E-state index in [9.17, 15) is 14.7 Å². The standard InChI is InChI=1S/C24H30N2O4S/c1-16-6-11-26(17-2-4-18(27)5-3-17)23(29)21(16)22(28)25-12-9-24(10-13-25)19-8-15-31-20(19)7-14-30-24/h6,8,11,15,17-18,27H,2-5,7,9-10,12-14H2,1H3. The summed E-state index contributed by atoms with van der Waals surface area (Å²) in [5.74, 6) is -0.163. The zero-order chi connectivity index (χ0) is 21.6. The van der Waals surface area contributed by atoms with Crippen molar-refractivity contribution < 1.29 is 14.6 Å². The molecule has 2 aromatic rings. The molecule has 3 aliphatic rings. The predicted octanol–water partition coefficient (Wildman–Crippen LogP) is 3.40. The van der Waals surface area contributed by atoms with Crippen LogP contribution in [0.25, 0.3) is 0 Å². The van der Waals surface area contributed by atoms with Crippen LogP contribution in [0.2, 0.25) is 0 Å². The normalized spacial score (nSPS) is 25.4. The number of nitrogens with zero attached hydrogens (tertiary/aromatic N) is 2. The number of likely N-dealkylation sites (tertiary alicyclic amines) is 1. The lowest BCUT2D eigenvalue weighted by Gasteiger charge is -2.44. The van der Waals surface area contributed by atoms with E-state index in [-0.39, 0.29) is 29.2 Å². The van der Waals surface area contributed by atoms with E-state index in [2.05, 4.69) is 11.4 Å². The third kappa shape index (κ3) is 3.66. The van der Waals surface area contributed by atoms with Crippen molar-refractivity contribution in [2.45, 2.75) is 69.6 Å². The molecule has 1 saturated heterocycles. The van der Waals surface area contributed by atoms with Gasteiger partial charge in [-0.25, -0.2) is 0 Å². The average molecular weight is 443 g/mol. The van der Waals surface area contributed by atoms with Crippen molar-refractivity contribution in [2.24, 2.45) is 0 Å². The summed E-state index contributed by atoms with van der Waals surface area (Å²) in [7, 11) is 0. The van der Waals surface area contributed by atoms with Gasteiger partial charge in [-0.3, -0.25) is 9.59 Å². The Morgan fingerprint density at radius 2 is 1.94 bits per heavy atom. The first-order chi connectivity index (χ1) is 15.0. The first-order valence-electron chi connectivity index (χ1n) is 11.4. The lowest BCUT2D eigenvalue weighted by atomic mass is 9.82. The molecule has 6 nitrogen and oxygen atoms in total. The van der Waals surface area contributed by atoms with Gasteiger partial charge >= 0.3 is 0 Å². The Morgan fingerprint density at radius 3 is 2.68 bits per heavy atom. The van der Waals surface area contributed by atoms with Gasteiger partial charge in [0.05, 0.1) is 18.3 Å². The summed E-state index contributed by atoms with van der Waals surface area (Å²) in [6, 6.07) is 4.12. The maximum Gasteiger partial charge on any atom is 0.263 e. The van der Waals surface area contributed by atoms with Gasteiger partial charge < -0.3 is 19.3 Å². The summed E-state index contributed by atoms with van der Waals surface area (Å²) in [5, 5.41) is 11.9. The second kappa shape index (κ2) is 8.19. The van der Waals surface area contributed by atoms with E-state index in [4.69, 9.17) is 4.74 Å². The predicted molar refractivity (Wildman–Crippen MR) is 120 cm³/mol. The van der Waals surface area contributed by atoms with Crippen LogP contribution in [0.15, 0.2) is 28.5 Å². The van der Waals surface area contributed by atoms with Gasteiger partial charge in [0, 0.05) is 36.6 Å². The van der Waals surface area contributed by atoms with Gasteiger partial charge in [-0.15, -0.1) is 11.3 Å². The molecular weight excluding hydrogens is 412 g/mol. The highest BCUT2D eigenvalue weighted by atomic mass is 32.1. The number of aliphatic hydroxyl groups is 1. The highest BCUT2D eigenvalue weighted by Crippen LogP contribution is 2.43. The Kier molecular flexibility index (Phi) is 5.52. The number of carbonyl (C=O) groups excluding carboxylic acids is 1. The quantitative estimate of drug-likeness (QED) is 0.774. The molecule has 0 unspecified atom stereocenters. The summed E-state index contributed by atoms with van der Waals surface area (Å²) in [4.78, 5) is 30.0. The number of piperidine rings is 1. The number of amides is 1. The number of aromatic nitrogens is 1. The minimum atomic E-state index is -0.279. The molecule has 0 aromatic carbocycles. The fourth-order valence-corrected chi connectivity index (χ4v) is 6.48. The highest BCUT2D eigenvalue weighted by Gasteiger charge is 2.42. The molecule has 4 heterocycles. The van der Waals surface area contributed by atoms with E-state index in [0.29, 0.717) is 31.5 Å². The Hall–Kier alpha value is -1.96. The number of carbonyl (C=O) groups is 1. The van der Waals surface area contributed by atoms with E-state index in [1.165, 1.54) is 10.4 Å². The molecule has 2 aliphatic heterocycles. The number of fused-ring (bicyclic) bond motifs is 2. The maximum absolute atomic E-state index is 13.4. The zero-order valence-corrected chi connectivity index (χ0v) is 18.8. The molecule has 31 heavy (non-hydrogen) atoms. The lowest BCUT2D eigenvalue weighted by molar-refractivity contribution is -0.0926. The SMILES string of the molecule is Cc1ccn(C2CCC(O)CC2)c(=O)c1C(=O)N1CCC2(CC1)OCCc1sccc12. The highest BCUT2D eigenvalue weighted by molar-refractivity contribution is 7.10. The van der Waals surface area contributed by atoms with Crippen LogP contribution in [0.3, 0.4) is 0 Å². The van der Waals surface area contributed by atoms with Crippen molar-refractivity contribution >= 4 is 17.2 Å². The largest absolute Gasteiger partial charge is 0.393 e. The molecule has 2 fully saturated rings. The molecule has 0 bridgehead atoms. The molecule has 1 spiro atoms. The van der Waals surface area contributed by atoms with Crippen LogP contribution < -0.4 is 5.56 Å². The number of thiophene rings is 1. The van der Waals surface area contributed by atoms with E-state index in [0.717, 1.165) is 44.3 Å². The van der Waals surface area contributed by atoms with E-state index < -0.39 is 0 Å². The zero-order valence-electron chi connectivity index (χ0n) is 18.0. The maximum atomic E-state index is 13.4. The van der Waals surface area contributed by atoms with Crippen LogP contribution in [0.1, 0.15) is 70.9 Å². The number of pyridine rings is 1. The van der Waals surface area contributed by atoms with Gasteiger partial charge in [0.25, 0.3) is 11.5 Å². The van der Waals surface area contributed by atoms with Crippen LogP contribution >= 0.6 is 11.3 Å². The van der Waals surface area contributed by atoms with Gasteiger partial charge in [-0.05, 0) is 74.1 Å². The van der Waals surface area contributed by atoms with Crippen LogP contribution in [0.4, 0.5) is 0 Å². The van der Waals surface area contributed by atoms with E-state index in [1.54, 1.807) is 15.9 Å². The molecule has 1 amide bonds. The van der Waals surface area contributed by atoms with Crippen molar-refractivity contribution in [1.29, 1.82) is 0 Å². The van der Waals surface area contributed by atoms with Crippen molar-refractivity contribution in [3.05, 3.63) is 55.6 Å². The first kappa shape index (κ1) is 20.9. The van der Waals surface area contributed by atoms with Gasteiger partial charge in [0.2, 0.25) is 0 Å². The van der Waals surface area contributed by atoms with Crippen LogP contribution in [-0.2, 0) is 16.8 Å². The number of rotatable bonds is 2. The Morgan fingerprint density at radius 1 is 1.19 bits per heavy atom. The Balaban J connectivity index is 1.36. The molecule has 0 atom stereocenters. The van der Waals surface area contributed by atoms with Gasteiger partial charge in [-0.2, -0.15) is 0 Å². The fraction of sp³-hybridized carbons (Fsp3) is 0.583. The molecule has 1 N–H and O–H groups in total. The smallest absolute Gasteiger partial charge is 0.263 e. The second-order valence-corrected chi connectivity index (χ2v) is 10.2. The van der Waals surface area contributed by atoms with Gasteiger partial charge in [-0.1, -0.05) is 0 Å². The van der Waals surface area contributed by atoms with Crippen LogP contribution in [0.5, 0.6) is 0 Å². The average Bonchev–Trinajstić information content (AvgIpc) is 3.26. The Labute approximate surface area is 186 Å². The fourth-order valence-electron chi connectivity index (χ4n) is 5.52. The molecule has 166 valence electrons. The van der Waals surface area contributed by atoms with Crippen molar-refractivity contribution in [1.82, 2.24) is 9.47 Å². The summed E-state index contributed by atoms with van der Waals surface area (Å²) in [6.07, 6.45) is 6.99. The van der Waals surface area contributed by atoms with Gasteiger partial charge in [0.1, 0.15) is 5.56 Å². The van der Waals surface area contributed by atoms with Crippen molar-refractivity contribution in [3.8, 4) is 0 Å². The molecule has 2 aromatic heterocycles. The topological polar surface area (TPSA) is 71.8 Å². The van der Waals surface area contributed by atoms with Crippen molar-refractivity contribution in [2.75, 3.05) is 19.7 Å². The molecule has 7 heteroatoms. The molecule has 0 radical (unpaired) electrons. The number of ether oxygens (including phenoxy) is 1. The number of hydrogen-bond acceptors (Lipinski definition) is 5. The summed E-state index contributed by atoms with van der Waals surface area (Å²) in [5.41, 5.74) is 1.86. The minimum Gasteiger partial charge on any atom is -0.393 e. The van der Waals surface area contributed by atoms with Crippen molar-refractivity contribution in [3.63, 3.8) is 0 Å².